The number of anilines is 2. The van der Waals surface area contributed by atoms with Crippen molar-refractivity contribution in [3.63, 3.8) is 0 Å². The molecule has 1 N–H and O–H groups in total. The van der Waals surface area contributed by atoms with Crippen LogP contribution in [-0.4, -0.2) is 49.0 Å². The molecule has 3 aromatic rings. The van der Waals surface area contributed by atoms with E-state index in [9.17, 15) is 4.79 Å². The van der Waals surface area contributed by atoms with Crippen molar-refractivity contribution in [1.82, 2.24) is 9.88 Å². The topological polar surface area (TPSA) is 61.6 Å². The van der Waals surface area contributed by atoms with E-state index >= 15 is 0 Å². The lowest BCUT2D eigenvalue weighted by Gasteiger charge is -2.22. The molecule has 2 aromatic carbocycles. The Morgan fingerprint density at radius 2 is 1.76 bits per heavy atom. The number of amides is 1. The van der Waals surface area contributed by atoms with Gasteiger partial charge in [-0.05, 0) is 80.7 Å². The zero-order valence-corrected chi connectivity index (χ0v) is 20.8. The van der Waals surface area contributed by atoms with Gasteiger partial charge in [-0.15, -0.1) is 0 Å². The molecule has 0 unspecified atom stereocenters. The summed E-state index contributed by atoms with van der Waals surface area (Å²) in [7, 11) is 2.01. The van der Waals surface area contributed by atoms with Crippen LogP contribution in [0.3, 0.4) is 0 Å². The highest BCUT2D eigenvalue weighted by atomic mass is 16.4. The van der Waals surface area contributed by atoms with E-state index in [0.717, 1.165) is 49.4 Å². The molecule has 1 fully saturated rings. The first-order valence-electron chi connectivity index (χ1n) is 12.8. The van der Waals surface area contributed by atoms with Crippen LogP contribution in [0.2, 0.25) is 0 Å². The number of hydrogen-bond donors (Lipinski definition) is 1. The first-order chi connectivity index (χ1) is 16.6. The van der Waals surface area contributed by atoms with Crippen molar-refractivity contribution in [2.45, 2.75) is 58.3 Å². The minimum absolute atomic E-state index is 0.105. The zero-order valence-electron chi connectivity index (χ0n) is 20.8. The zero-order chi connectivity index (χ0) is 23.9. The summed E-state index contributed by atoms with van der Waals surface area (Å²) < 4.78 is 5.94. The molecule has 0 radical (unpaired) electrons. The van der Waals surface area contributed by atoms with Gasteiger partial charge in [0.25, 0.3) is 11.9 Å². The van der Waals surface area contributed by atoms with Gasteiger partial charge in [-0.3, -0.25) is 4.79 Å². The lowest BCUT2D eigenvalue weighted by atomic mass is 9.84. The number of carbonyl (C=O) groups excluding carboxylic acids is 1. The Morgan fingerprint density at radius 1 is 1.03 bits per heavy atom. The number of hydrogen-bond acceptors (Lipinski definition) is 5. The number of oxazole rings is 1. The van der Waals surface area contributed by atoms with Crippen LogP contribution >= 0.6 is 0 Å². The monoisotopic (exact) mass is 462 g/mol. The summed E-state index contributed by atoms with van der Waals surface area (Å²) in [6, 6.07) is 14.3. The summed E-state index contributed by atoms with van der Waals surface area (Å²) in [5, 5.41) is 3.01. The number of nitrogens with zero attached hydrogens (tertiary/aromatic N) is 3. The highest BCUT2D eigenvalue weighted by molar-refractivity contribution is 6.05. The molecule has 0 atom stereocenters. The summed E-state index contributed by atoms with van der Waals surface area (Å²) >= 11 is 0. The molecule has 1 aliphatic rings. The molecule has 4 rings (SSSR count). The minimum Gasteiger partial charge on any atom is -0.423 e. The smallest absolute Gasteiger partial charge is 0.298 e. The number of rotatable bonds is 10. The molecule has 0 spiro atoms. The van der Waals surface area contributed by atoms with Crippen molar-refractivity contribution < 1.29 is 9.21 Å². The average Bonchev–Trinajstić information content (AvgIpc) is 3.31. The molecule has 0 saturated heterocycles. The van der Waals surface area contributed by atoms with Crippen LogP contribution in [0.25, 0.3) is 11.1 Å². The van der Waals surface area contributed by atoms with E-state index in [1.54, 1.807) is 0 Å². The van der Waals surface area contributed by atoms with Crippen LogP contribution in [0.4, 0.5) is 11.7 Å². The summed E-state index contributed by atoms with van der Waals surface area (Å²) in [6.45, 7) is 8.47. The average molecular weight is 463 g/mol. The molecule has 6 nitrogen and oxygen atoms in total. The molecule has 1 aromatic heterocycles. The van der Waals surface area contributed by atoms with Gasteiger partial charge in [-0.25, -0.2) is 0 Å². The molecule has 1 amide bonds. The Labute approximate surface area is 203 Å². The third-order valence-electron chi connectivity index (χ3n) is 7.07. The third kappa shape index (κ3) is 5.98. The van der Waals surface area contributed by atoms with Crippen LogP contribution in [0, 0.1) is 0 Å². The second-order valence-corrected chi connectivity index (χ2v) is 9.39. The Kier molecular flexibility index (Phi) is 8.22. The van der Waals surface area contributed by atoms with Gasteiger partial charge < -0.3 is 19.5 Å². The van der Waals surface area contributed by atoms with Gasteiger partial charge in [0.15, 0.2) is 5.58 Å². The minimum atomic E-state index is -0.105. The van der Waals surface area contributed by atoms with E-state index in [1.165, 1.54) is 37.7 Å². The number of fused-ring (bicyclic) bond motifs is 1. The lowest BCUT2D eigenvalue weighted by molar-refractivity contribution is 0.102. The van der Waals surface area contributed by atoms with E-state index in [-0.39, 0.29) is 5.91 Å². The van der Waals surface area contributed by atoms with Crippen LogP contribution in [-0.2, 0) is 0 Å². The van der Waals surface area contributed by atoms with Gasteiger partial charge in [0.2, 0.25) is 0 Å². The second kappa shape index (κ2) is 11.5. The normalized spacial score (nSPS) is 14.6. The Morgan fingerprint density at radius 3 is 2.47 bits per heavy atom. The number of aromatic nitrogens is 1. The fourth-order valence-electron chi connectivity index (χ4n) is 4.87. The first kappa shape index (κ1) is 24.3. The molecule has 34 heavy (non-hydrogen) atoms. The van der Waals surface area contributed by atoms with Gasteiger partial charge >= 0.3 is 0 Å². The fraction of sp³-hybridized carbons (Fsp3) is 0.500. The number of benzene rings is 2. The Bertz CT molecular complexity index is 1070. The van der Waals surface area contributed by atoms with E-state index in [2.05, 4.69) is 46.1 Å². The summed E-state index contributed by atoms with van der Waals surface area (Å²) in [5.74, 6) is 0.539. The quantitative estimate of drug-likeness (QED) is 0.383. The summed E-state index contributed by atoms with van der Waals surface area (Å²) in [5.41, 5.74) is 4.22. The van der Waals surface area contributed by atoms with Gasteiger partial charge in [0.1, 0.15) is 5.52 Å². The fourth-order valence-corrected chi connectivity index (χ4v) is 4.87. The van der Waals surface area contributed by atoms with E-state index < -0.39 is 0 Å². The Hall–Kier alpha value is -2.86. The molecule has 1 heterocycles. The predicted octanol–water partition coefficient (Wildman–Crippen LogP) is 6.30. The molecule has 6 heteroatoms. The van der Waals surface area contributed by atoms with Crippen LogP contribution in [0.15, 0.2) is 46.9 Å². The van der Waals surface area contributed by atoms with Crippen molar-refractivity contribution in [3.05, 3.63) is 53.6 Å². The van der Waals surface area contributed by atoms with E-state index in [1.807, 2.05) is 37.4 Å². The number of nitrogens with one attached hydrogen (secondary N) is 1. The third-order valence-corrected chi connectivity index (χ3v) is 7.07. The van der Waals surface area contributed by atoms with Gasteiger partial charge in [0.05, 0.1) is 0 Å². The Balaban J connectivity index is 1.36. The summed E-state index contributed by atoms with van der Waals surface area (Å²) in [4.78, 5) is 21.9. The molecule has 182 valence electrons. The van der Waals surface area contributed by atoms with E-state index in [0.29, 0.717) is 17.5 Å². The molecular formula is C28H38N4O2. The maximum Gasteiger partial charge on any atom is 0.298 e. The number of carbonyl (C=O) groups is 1. The summed E-state index contributed by atoms with van der Waals surface area (Å²) in [6.07, 6.45) is 7.54. The van der Waals surface area contributed by atoms with Gasteiger partial charge in [-0.1, -0.05) is 45.2 Å². The molecule has 1 aliphatic carbocycles. The standard InChI is InChI=1S/C28H38N4O2/c1-4-32(5-2)19-9-18-31(3)28-30-25-20-24(16-17-26(25)34-28)29-27(33)23-14-12-22(13-15-23)21-10-7-6-8-11-21/h12-17,20-21H,4-11,18-19H2,1-3H3,(H,29,33). The molecule has 0 bridgehead atoms. The highest BCUT2D eigenvalue weighted by Crippen LogP contribution is 2.32. The van der Waals surface area contributed by atoms with Crippen LogP contribution in [0.5, 0.6) is 0 Å². The second-order valence-electron chi connectivity index (χ2n) is 9.39. The van der Waals surface area contributed by atoms with Crippen LogP contribution < -0.4 is 10.2 Å². The maximum atomic E-state index is 12.8. The van der Waals surface area contributed by atoms with Crippen molar-refractivity contribution in [2.75, 3.05) is 43.4 Å². The van der Waals surface area contributed by atoms with Crippen molar-refractivity contribution in [1.29, 1.82) is 0 Å². The van der Waals surface area contributed by atoms with Crippen molar-refractivity contribution >= 4 is 28.7 Å². The lowest BCUT2D eigenvalue weighted by Crippen LogP contribution is -2.28. The van der Waals surface area contributed by atoms with Crippen molar-refractivity contribution in [2.24, 2.45) is 0 Å². The van der Waals surface area contributed by atoms with E-state index in [4.69, 9.17) is 4.42 Å². The maximum absolute atomic E-state index is 12.8. The molecule has 1 saturated carbocycles. The largest absolute Gasteiger partial charge is 0.423 e. The van der Waals surface area contributed by atoms with Gasteiger partial charge in [0, 0.05) is 24.8 Å². The SMILES string of the molecule is CCN(CC)CCCN(C)c1nc2cc(NC(=O)c3ccc(C4CCCCC4)cc3)ccc2o1. The predicted molar refractivity (Wildman–Crippen MR) is 140 cm³/mol. The first-order valence-corrected chi connectivity index (χ1v) is 12.8. The van der Waals surface area contributed by atoms with Crippen molar-refractivity contribution in [3.8, 4) is 0 Å². The highest BCUT2D eigenvalue weighted by Gasteiger charge is 2.16. The van der Waals surface area contributed by atoms with Crippen LogP contribution in [0.1, 0.15) is 74.2 Å². The van der Waals surface area contributed by atoms with Gasteiger partial charge in [-0.2, -0.15) is 4.98 Å². The molecular weight excluding hydrogens is 424 g/mol. The molecule has 0 aliphatic heterocycles.